The molecule has 0 bridgehead atoms. The molecule has 158 valence electrons. The molecule has 0 aliphatic heterocycles. The van der Waals surface area contributed by atoms with Crippen molar-refractivity contribution in [1.29, 1.82) is 0 Å². The van der Waals surface area contributed by atoms with Crippen LogP contribution in [0.3, 0.4) is 0 Å². The minimum atomic E-state index is -0.0000905. The number of methoxy groups -OCH3 is 1. The van der Waals surface area contributed by atoms with Gasteiger partial charge in [-0.05, 0) is 67.4 Å². The van der Waals surface area contributed by atoms with Gasteiger partial charge in [-0.25, -0.2) is 4.98 Å². The van der Waals surface area contributed by atoms with E-state index in [-0.39, 0.29) is 5.91 Å². The molecule has 2 heterocycles. The van der Waals surface area contributed by atoms with Crippen molar-refractivity contribution in [2.75, 3.05) is 17.8 Å². The molecule has 2 aromatic heterocycles. The lowest BCUT2D eigenvalue weighted by atomic mass is 10.1. The molecule has 2 aromatic carbocycles. The zero-order valence-corrected chi connectivity index (χ0v) is 19.3. The lowest BCUT2D eigenvalue weighted by Gasteiger charge is -2.19. The number of fused-ring (bicyclic) bond motifs is 1. The Bertz CT molecular complexity index is 1190. The van der Waals surface area contributed by atoms with E-state index in [0.717, 1.165) is 32.1 Å². The Kier molecular flexibility index (Phi) is 6.53. The smallest absolute Gasteiger partial charge is 0.239 e. The molecule has 0 saturated heterocycles. The number of hydrogen-bond donors (Lipinski definition) is 0. The maximum absolute atomic E-state index is 13.3. The second-order valence-corrected chi connectivity index (χ2v) is 9.25. The van der Waals surface area contributed by atoms with Crippen LogP contribution in [0, 0.1) is 13.8 Å². The highest BCUT2D eigenvalue weighted by atomic mass is 32.2. The summed E-state index contributed by atoms with van der Waals surface area (Å²) in [5.41, 5.74) is 4.10. The number of carbonyl (C=O) groups excluding carboxylic acids is 1. The van der Waals surface area contributed by atoms with E-state index in [0.29, 0.717) is 17.4 Å². The molecule has 5 nitrogen and oxygen atoms in total. The van der Waals surface area contributed by atoms with Crippen LogP contribution in [0.4, 0.5) is 5.13 Å². The number of ether oxygens (including phenoxy) is 1. The maximum Gasteiger partial charge on any atom is 0.239 e. The predicted octanol–water partition coefficient (Wildman–Crippen LogP) is 5.64. The van der Waals surface area contributed by atoms with Gasteiger partial charge in [0.15, 0.2) is 5.13 Å². The van der Waals surface area contributed by atoms with E-state index in [4.69, 9.17) is 9.72 Å². The lowest BCUT2D eigenvalue weighted by Crippen LogP contribution is -2.32. The Labute approximate surface area is 190 Å². The summed E-state index contributed by atoms with van der Waals surface area (Å²) < 4.78 is 6.30. The van der Waals surface area contributed by atoms with Crippen molar-refractivity contribution in [3.05, 3.63) is 77.6 Å². The second kappa shape index (κ2) is 9.49. The van der Waals surface area contributed by atoms with Crippen LogP contribution < -0.4 is 9.64 Å². The molecule has 0 atom stereocenters. The molecule has 4 aromatic rings. The van der Waals surface area contributed by atoms with Crippen molar-refractivity contribution >= 4 is 44.4 Å². The number of pyridine rings is 1. The molecule has 1 amide bonds. The van der Waals surface area contributed by atoms with Gasteiger partial charge in [0.25, 0.3) is 0 Å². The fraction of sp³-hybridized carbons (Fsp3) is 0.208. The summed E-state index contributed by atoms with van der Waals surface area (Å²) in [5, 5.41) is 0.703. The monoisotopic (exact) mass is 449 g/mol. The van der Waals surface area contributed by atoms with Crippen LogP contribution in [0.2, 0.25) is 0 Å². The quantitative estimate of drug-likeness (QED) is 0.342. The first-order chi connectivity index (χ1) is 15.0. The fourth-order valence-electron chi connectivity index (χ4n) is 3.29. The highest BCUT2D eigenvalue weighted by Gasteiger charge is 2.21. The normalized spacial score (nSPS) is 10.9. The zero-order valence-electron chi connectivity index (χ0n) is 17.7. The molecule has 0 N–H and O–H groups in total. The maximum atomic E-state index is 13.3. The molecule has 0 aliphatic carbocycles. The van der Waals surface area contributed by atoms with Gasteiger partial charge in [0, 0.05) is 11.1 Å². The van der Waals surface area contributed by atoms with Crippen LogP contribution >= 0.6 is 23.1 Å². The number of hydrogen-bond acceptors (Lipinski definition) is 6. The number of aromatic nitrogens is 2. The average Bonchev–Trinajstić information content (AvgIpc) is 3.21. The molecule has 0 spiro atoms. The molecule has 0 aliphatic rings. The molecule has 31 heavy (non-hydrogen) atoms. The van der Waals surface area contributed by atoms with Gasteiger partial charge in [0.1, 0.15) is 5.75 Å². The van der Waals surface area contributed by atoms with E-state index in [1.807, 2.05) is 42.5 Å². The highest BCUT2D eigenvalue weighted by Crippen LogP contribution is 2.33. The van der Waals surface area contributed by atoms with Gasteiger partial charge < -0.3 is 4.74 Å². The summed E-state index contributed by atoms with van der Waals surface area (Å²) in [7, 11) is 1.64. The van der Waals surface area contributed by atoms with Crippen molar-refractivity contribution in [3.63, 3.8) is 0 Å². The van der Waals surface area contributed by atoms with Crippen LogP contribution in [0.1, 0.15) is 16.8 Å². The molecule has 0 fully saturated rings. The van der Waals surface area contributed by atoms with Gasteiger partial charge in [-0.2, -0.15) is 0 Å². The number of aryl methyl sites for hydroxylation is 2. The molecular formula is C24H23N3O2S2. The summed E-state index contributed by atoms with van der Waals surface area (Å²) >= 11 is 3.05. The Morgan fingerprint density at radius 2 is 1.94 bits per heavy atom. The molecule has 0 saturated carbocycles. The van der Waals surface area contributed by atoms with Crippen LogP contribution in [0.25, 0.3) is 10.2 Å². The fourth-order valence-corrected chi connectivity index (χ4v) is 5.22. The number of nitrogens with zero attached hydrogens (tertiary/aromatic N) is 3. The second-order valence-electron chi connectivity index (χ2n) is 7.19. The largest absolute Gasteiger partial charge is 0.497 e. The molecule has 0 unspecified atom stereocenters. The minimum Gasteiger partial charge on any atom is -0.497 e. The topological polar surface area (TPSA) is 55.3 Å². The first kappa shape index (κ1) is 21.3. The summed E-state index contributed by atoms with van der Waals surface area (Å²) in [6.07, 6.45) is 1.75. The van der Waals surface area contributed by atoms with Gasteiger partial charge >= 0.3 is 0 Å². The summed E-state index contributed by atoms with van der Waals surface area (Å²) in [6, 6.07) is 17.7. The van der Waals surface area contributed by atoms with Crippen LogP contribution in [-0.4, -0.2) is 28.7 Å². The van der Waals surface area contributed by atoms with E-state index < -0.39 is 0 Å². The Morgan fingerprint density at radius 1 is 1.13 bits per heavy atom. The molecule has 4 rings (SSSR count). The number of rotatable bonds is 7. The third-order valence-electron chi connectivity index (χ3n) is 4.82. The summed E-state index contributed by atoms with van der Waals surface area (Å²) in [5.74, 6) is 1.11. The van der Waals surface area contributed by atoms with Crippen molar-refractivity contribution in [2.45, 2.75) is 25.3 Å². The Balaban J connectivity index is 1.60. The van der Waals surface area contributed by atoms with E-state index in [9.17, 15) is 4.79 Å². The Morgan fingerprint density at radius 3 is 2.65 bits per heavy atom. The van der Waals surface area contributed by atoms with Crippen molar-refractivity contribution in [2.24, 2.45) is 0 Å². The first-order valence-electron chi connectivity index (χ1n) is 9.88. The van der Waals surface area contributed by atoms with Crippen LogP contribution in [0.5, 0.6) is 5.75 Å². The SMILES string of the molecule is COc1ccc(SCC(=O)N(Cc2ccccn2)c2nc3c(C)cc(C)cc3s2)cc1. The van der Waals surface area contributed by atoms with E-state index >= 15 is 0 Å². The number of anilines is 1. The third kappa shape index (κ3) is 5.06. The number of carbonyl (C=O) groups is 1. The number of thiazole rings is 1. The van der Waals surface area contributed by atoms with Crippen LogP contribution in [0.15, 0.2) is 65.7 Å². The first-order valence-corrected chi connectivity index (χ1v) is 11.7. The van der Waals surface area contributed by atoms with Gasteiger partial charge in [0.05, 0.1) is 35.3 Å². The number of benzene rings is 2. The van der Waals surface area contributed by atoms with E-state index in [1.54, 1.807) is 29.5 Å². The third-order valence-corrected chi connectivity index (χ3v) is 6.84. The molecular weight excluding hydrogens is 426 g/mol. The zero-order chi connectivity index (χ0) is 21.8. The van der Waals surface area contributed by atoms with E-state index in [2.05, 4.69) is 31.0 Å². The van der Waals surface area contributed by atoms with Crippen molar-refractivity contribution in [1.82, 2.24) is 9.97 Å². The molecule has 0 radical (unpaired) electrons. The average molecular weight is 450 g/mol. The Hall–Kier alpha value is -2.90. The van der Waals surface area contributed by atoms with Crippen molar-refractivity contribution in [3.8, 4) is 5.75 Å². The van der Waals surface area contributed by atoms with E-state index in [1.165, 1.54) is 17.3 Å². The number of amides is 1. The summed E-state index contributed by atoms with van der Waals surface area (Å²) in [6.45, 7) is 4.53. The summed E-state index contributed by atoms with van der Waals surface area (Å²) in [4.78, 5) is 25.3. The molecule has 7 heteroatoms. The lowest BCUT2D eigenvalue weighted by molar-refractivity contribution is -0.116. The van der Waals surface area contributed by atoms with Crippen molar-refractivity contribution < 1.29 is 9.53 Å². The minimum absolute atomic E-state index is 0.0000905. The number of thioether (sulfide) groups is 1. The standard InChI is InChI=1S/C24H23N3O2S2/c1-16-12-17(2)23-21(13-16)31-24(26-23)27(14-18-6-4-5-11-25-18)22(28)15-30-20-9-7-19(29-3)8-10-20/h4-13H,14-15H2,1-3H3. The van der Waals surface area contributed by atoms with Gasteiger partial charge in [0.2, 0.25) is 5.91 Å². The van der Waals surface area contributed by atoms with Gasteiger partial charge in [-0.15, -0.1) is 11.8 Å². The van der Waals surface area contributed by atoms with Gasteiger partial charge in [-0.1, -0.05) is 23.5 Å². The van der Waals surface area contributed by atoms with Crippen LogP contribution in [-0.2, 0) is 11.3 Å². The predicted molar refractivity (Wildman–Crippen MR) is 128 cm³/mol. The van der Waals surface area contributed by atoms with Gasteiger partial charge in [-0.3, -0.25) is 14.7 Å². The highest BCUT2D eigenvalue weighted by molar-refractivity contribution is 8.00.